The molecule has 3 N–H and O–H groups in total. The van der Waals surface area contributed by atoms with Crippen LogP contribution in [-0.4, -0.2) is 18.3 Å². The van der Waals surface area contributed by atoms with Gasteiger partial charge in [-0.1, -0.05) is 56.2 Å². The molecule has 0 aliphatic carbocycles. The van der Waals surface area contributed by atoms with Gasteiger partial charge in [0, 0.05) is 6.54 Å². The van der Waals surface area contributed by atoms with E-state index in [2.05, 4.69) is 10.1 Å². The summed E-state index contributed by atoms with van der Waals surface area (Å²) in [6, 6.07) is 12.6. The van der Waals surface area contributed by atoms with Gasteiger partial charge in [0.2, 0.25) is 5.91 Å². The Morgan fingerprint density at radius 3 is 2.15 bits per heavy atom. The molecule has 27 heavy (non-hydrogen) atoms. The van der Waals surface area contributed by atoms with E-state index in [4.69, 9.17) is 5.73 Å². The Kier molecular flexibility index (Phi) is 7.24. The summed E-state index contributed by atoms with van der Waals surface area (Å²) in [6.07, 6.45) is -2.14. The van der Waals surface area contributed by atoms with Crippen LogP contribution in [0.15, 0.2) is 48.5 Å². The molecular weight excluding hydrogens is 357 g/mol. The van der Waals surface area contributed by atoms with E-state index in [1.807, 2.05) is 31.2 Å². The Morgan fingerprint density at radius 2 is 1.63 bits per heavy atom. The van der Waals surface area contributed by atoms with Crippen molar-refractivity contribution in [3.8, 4) is 16.9 Å². The van der Waals surface area contributed by atoms with Gasteiger partial charge < -0.3 is 15.8 Å². The van der Waals surface area contributed by atoms with Gasteiger partial charge in [-0.05, 0) is 35.2 Å². The van der Waals surface area contributed by atoms with E-state index in [1.165, 1.54) is 12.1 Å². The predicted molar refractivity (Wildman–Crippen MR) is 97.9 cm³/mol. The Morgan fingerprint density at radius 1 is 1.07 bits per heavy atom. The van der Waals surface area contributed by atoms with Gasteiger partial charge in [0.05, 0.1) is 6.04 Å². The van der Waals surface area contributed by atoms with E-state index < -0.39 is 12.4 Å². The molecule has 0 aliphatic heterocycles. The monoisotopic (exact) mass is 380 g/mol. The van der Waals surface area contributed by atoms with Crippen molar-refractivity contribution >= 4 is 5.91 Å². The van der Waals surface area contributed by atoms with Crippen molar-refractivity contribution in [2.24, 2.45) is 5.73 Å². The number of benzene rings is 2. The zero-order valence-electron chi connectivity index (χ0n) is 15.1. The first-order valence-electron chi connectivity index (χ1n) is 8.77. The molecule has 0 saturated heterocycles. The number of unbranched alkanes of at least 4 members (excludes halogenated alkanes) is 1. The number of carbonyl (C=O) groups is 1. The maximum Gasteiger partial charge on any atom is 0.573 e. The largest absolute Gasteiger partial charge is 0.573 e. The summed E-state index contributed by atoms with van der Waals surface area (Å²) in [5.74, 6) is -0.433. The van der Waals surface area contributed by atoms with Crippen LogP contribution in [0.4, 0.5) is 13.2 Å². The van der Waals surface area contributed by atoms with Crippen LogP contribution in [0.3, 0.4) is 0 Å². The highest BCUT2D eigenvalue weighted by Gasteiger charge is 2.30. The molecule has 2 aromatic carbocycles. The molecule has 2 rings (SSSR count). The second-order valence-electron chi connectivity index (χ2n) is 6.24. The lowest BCUT2D eigenvalue weighted by Crippen LogP contribution is -2.40. The normalized spacial score (nSPS) is 12.5. The Balaban J connectivity index is 1.92. The van der Waals surface area contributed by atoms with Gasteiger partial charge >= 0.3 is 6.36 Å². The van der Waals surface area contributed by atoms with Gasteiger partial charge in [-0.2, -0.15) is 0 Å². The van der Waals surface area contributed by atoms with Crippen LogP contribution in [0.25, 0.3) is 11.1 Å². The average Bonchev–Trinajstić information content (AvgIpc) is 2.64. The fourth-order valence-electron chi connectivity index (χ4n) is 2.54. The first-order valence-corrected chi connectivity index (χ1v) is 8.77. The lowest BCUT2D eigenvalue weighted by molar-refractivity contribution is -0.274. The number of rotatable bonds is 8. The van der Waals surface area contributed by atoms with Gasteiger partial charge in [0.15, 0.2) is 0 Å². The summed E-state index contributed by atoms with van der Waals surface area (Å²) in [5.41, 5.74) is 8.35. The predicted octanol–water partition coefficient (Wildman–Crippen LogP) is 4.39. The zero-order valence-corrected chi connectivity index (χ0v) is 15.1. The van der Waals surface area contributed by atoms with Gasteiger partial charge in [-0.15, -0.1) is 13.2 Å². The van der Waals surface area contributed by atoms with E-state index >= 15 is 0 Å². The first-order chi connectivity index (χ1) is 12.8. The molecule has 1 amide bonds. The standard InChI is InChI=1S/C20H23F3N2O2/c1-2-3-4-18(24)19(26)25-13-14-5-7-15(8-6-14)16-9-11-17(12-10-16)27-20(21,22)23/h5-12,18H,2-4,13,24H2,1H3,(H,25,26). The molecule has 1 unspecified atom stereocenters. The van der Waals surface area contributed by atoms with Crippen LogP contribution < -0.4 is 15.8 Å². The summed E-state index contributed by atoms with van der Waals surface area (Å²) in [4.78, 5) is 11.9. The molecule has 0 aliphatic rings. The molecule has 146 valence electrons. The molecule has 1 atom stereocenters. The topological polar surface area (TPSA) is 64.4 Å². The summed E-state index contributed by atoms with van der Waals surface area (Å²) in [7, 11) is 0. The lowest BCUT2D eigenvalue weighted by Gasteiger charge is -2.12. The summed E-state index contributed by atoms with van der Waals surface area (Å²) < 4.78 is 40.4. The average molecular weight is 380 g/mol. The van der Waals surface area contributed by atoms with Gasteiger partial charge in [0.1, 0.15) is 5.75 Å². The minimum Gasteiger partial charge on any atom is -0.406 e. The van der Waals surface area contributed by atoms with Crippen LogP contribution >= 0.6 is 0 Å². The quantitative estimate of drug-likeness (QED) is 0.714. The van der Waals surface area contributed by atoms with E-state index in [1.54, 1.807) is 12.1 Å². The van der Waals surface area contributed by atoms with Gasteiger partial charge in [-0.3, -0.25) is 4.79 Å². The van der Waals surface area contributed by atoms with Crippen LogP contribution in [0.1, 0.15) is 31.7 Å². The van der Waals surface area contributed by atoms with Crippen molar-refractivity contribution in [3.63, 3.8) is 0 Å². The number of nitrogens with one attached hydrogen (secondary N) is 1. The summed E-state index contributed by atoms with van der Waals surface area (Å²) >= 11 is 0. The molecule has 0 radical (unpaired) electrons. The minimum absolute atomic E-state index is 0.173. The van der Waals surface area contributed by atoms with Crippen LogP contribution in [-0.2, 0) is 11.3 Å². The molecular formula is C20H23F3N2O2. The number of amides is 1. The fourth-order valence-corrected chi connectivity index (χ4v) is 2.54. The second kappa shape index (κ2) is 9.41. The number of carbonyl (C=O) groups excluding carboxylic acids is 1. The van der Waals surface area contributed by atoms with Crippen molar-refractivity contribution in [2.45, 2.75) is 45.1 Å². The van der Waals surface area contributed by atoms with E-state index in [-0.39, 0.29) is 11.7 Å². The van der Waals surface area contributed by atoms with Gasteiger partial charge in [0.25, 0.3) is 0 Å². The third-order valence-corrected chi connectivity index (χ3v) is 4.05. The SMILES string of the molecule is CCCCC(N)C(=O)NCc1ccc(-c2ccc(OC(F)(F)F)cc2)cc1. The van der Waals surface area contributed by atoms with E-state index in [0.29, 0.717) is 13.0 Å². The smallest absolute Gasteiger partial charge is 0.406 e. The molecule has 7 heteroatoms. The molecule has 0 spiro atoms. The Hall–Kier alpha value is -2.54. The molecule has 0 saturated carbocycles. The molecule has 0 fully saturated rings. The number of nitrogens with two attached hydrogens (primary N) is 1. The Labute approximate surface area is 156 Å². The zero-order chi connectivity index (χ0) is 19.9. The van der Waals surface area contributed by atoms with Crippen molar-refractivity contribution in [2.75, 3.05) is 0 Å². The highest BCUT2D eigenvalue weighted by molar-refractivity contribution is 5.81. The lowest BCUT2D eigenvalue weighted by atomic mass is 10.0. The summed E-state index contributed by atoms with van der Waals surface area (Å²) in [5, 5.41) is 2.81. The highest BCUT2D eigenvalue weighted by Crippen LogP contribution is 2.26. The number of hydrogen-bond acceptors (Lipinski definition) is 3. The van der Waals surface area contributed by atoms with Crippen molar-refractivity contribution in [1.82, 2.24) is 5.32 Å². The number of hydrogen-bond donors (Lipinski definition) is 2. The van der Waals surface area contributed by atoms with Gasteiger partial charge in [-0.25, -0.2) is 0 Å². The summed E-state index contributed by atoms with van der Waals surface area (Å²) in [6.45, 7) is 2.42. The molecule has 0 aromatic heterocycles. The minimum atomic E-state index is -4.70. The van der Waals surface area contributed by atoms with Crippen molar-refractivity contribution < 1.29 is 22.7 Å². The van der Waals surface area contributed by atoms with Crippen LogP contribution in [0.5, 0.6) is 5.75 Å². The van der Waals surface area contributed by atoms with E-state index in [9.17, 15) is 18.0 Å². The maximum atomic E-state index is 12.2. The second-order valence-corrected chi connectivity index (χ2v) is 6.24. The van der Waals surface area contributed by atoms with Crippen molar-refractivity contribution in [1.29, 1.82) is 0 Å². The third-order valence-electron chi connectivity index (χ3n) is 4.05. The number of ether oxygens (including phenoxy) is 1. The third kappa shape index (κ3) is 6.94. The Bertz CT molecular complexity index is 728. The highest BCUT2D eigenvalue weighted by atomic mass is 19.4. The molecule has 0 heterocycles. The number of alkyl halides is 3. The van der Waals surface area contributed by atoms with Crippen molar-refractivity contribution in [3.05, 3.63) is 54.1 Å². The molecule has 4 nitrogen and oxygen atoms in total. The van der Waals surface area contributed by atoms with E-state index in [0.717, 1.165) is 29.5 Å². The van der Waals surface area contributed by atoms with Crippen LogP contribution in [0.2, 0.25) is 0 Å². The molecule has 2 aromatic rings. The fraction of sp³-hybridized carbons (Fsp3) is 0.350. The first kappa shape index (κ1) is 20.8. The maximum absolute atomic E-state index is 12.2. The number of halogens is 3. The molecule has 0 bridgehead atoms. The van der Waals surface area contributed by atoms with Crippen LogP contribution in [0, 0.1) is 0 Å².